The Morgan fingerprint density at radius 2 is 1.83 bits per heavy atom. The fraction of sp³-hybridized carbons (Fsp3) is 0.273. The van der Waals surface area contributed by atoms with Gasteiger partial charge in [0.05, 0.1) is 0 Å². The predicted octanol–water partition coefficient (Wildman–Crippen LogP) is 3.67. The van der Waals surface area contributed by atoms with Gasteiger partial charge in [-0.3, -0.25) is 0 Å². The topological polar surface area (TPSA) is 0 Å². The highest BCUT2D eigenvalue weighted by molar-refractivity contribution is 9.10. The molecule has 0 amide bonds. The molecule has 0 aromatic heterocycles. The molecule has 0 saturated heterocycles. The molecule has 1 aliphatic rings. The Hall–Kier alpha value is -0.560. The van der Waals surface area contributed by atoms with Crippen LogP contribution in [0.15, 0.2) is 41.4 Å². The fourth-order valence-electron chi connectivity index (χ4n) is 1.53. The van der Waals surface area contributed by atoms with E-state index in [9.17, 15) is 0 Å². The smallest absolute Gasteiger partial charge is 0.0175 e. The average Bonchev–Trinajstić information content (AvgIpc) is 2.86. The molecule has 0 N–H and O–H groups in total. The van der Waals surface area contributed by atoms with Gasteiger partial charge < -0.3 is 0 Å². The zero-order valence-electron chi connectivity index (χ0n) is 6.89. The predicted molar refractivity (Wildman–Crippen MR) is 55.3 cm³/mol. The van der Waals surface area contributed by atoms with Crippen molar-refractivity contribution in [1.82, 2.24) is 0 Å². The van der Waals surface area contributed by atoms with Crippen molar-refractivity contribution in [3.8, 4) is 0 Å². The molecule has 0 nitrogen and oxygen atoms in total. The first-order valence-corrected chi connectivity index (χ1v) is 4.96. The molecule has 0 spiro atoms. The summed E-state index contributed by atoms with van der Waals surface area (Å²) < 4.78 is 1.14. The van der Waals surface area contributed by atoms with Crippen LogP contribution >= 0.6 is 15.9 Å². The lowest BCUT2D eigenvalue weighted by Crippen LogP contribution is -2.00. The molecule has 1 aromatic carbocycles. The lowest BCUT2D eigenvalue weighted by Gasteiger charge is -2.08. The van der Waals surface area contributed by atoms with E-state index < -0.39 is 0 Å². The van der Waals surface area contributed by atoms with E-state index in [2.05, 4.69) is 52.9 Å². The molecular formula is C11H11Br. The zero-order chi connectivity index (χ0) is 8.60. The molecule has 0 unspecified atom stereocenters. The summed E-state index contributed by atoms with van der Waals surface area (Å²) in [6.45, 7) is 3.88. The molecule has 1 aromatic rings. The molecule has 0 radical (unpaired) electrons. The summed E-state index contributed by atoms with van der Waals surface area (Å²) in [5.41, 5.74) is 1.72. The maximum atomic E-state index is 3.88. The second-order valence-electron chi connectivity index (χ2n) is 3.37. The minimum atomic E-state index is 0.320. The van der Waals surface area contributed by atoms with Gasteiger partial charge in [-0.15, -0.1) is 6.58 Å². The number of hydrogen-bond donors (Lipinski definition) is 0. The lowest BCUT2D eigenvalue weighted by atomic mass is 9.97. The van der Waals surface area contributed by atoms with Crippen molar-refractivity contribution >= 4 is 15.9 Å². The first-order valence-electron chi connectivity index (χ1n) is 4.16. The maximum Gasteiger partial charge on any atom is 0.0175 e. The largest absolute Gasteiger partial charge is 0.102 e. The Bertz CT molecular complexity index is 293. The van der Waals surface area contributed by atoms with Gasteiger partial charge in [-0.1, -0.05) is 34.1 Å². The van der Waals surface area contributed by atoms with Crippen LogP contribution in [0.3, 0.4) is 0 Å². The van der Waals surface area contributed by atoms with Crippen LogP contribution in [0.5, 0.6) is 0 Å². The second kappa shape index (κ2) is 2.74. The molecule has 1 aliphatic carbocycles. The monoisotopic (exact) mass is 222 g/mol. The van der Waals surface area contributed by atoms with Gasteiger partial charge in [-0.2, -0.15) is 0 Å². The van der Waals surface area contributed by atoms with Gasteiger partial charge >= 0.3 is 0 Å². The molecule has 1 fully saturated rings. The molecular weight excluding hydrogens is 212 g/mol. The number of rotatable bonds is 2. The van der Waals surface area contributed by atoms with E-state index in [-0.39, 0.29) is 0 Å². The van der Waals surface area contributed by atoms with Crippen LogP contribution < -0.4 is 0 Å². The first kappa shape index (κ1) is 8.06. The van der Waals surface area contributed by atoms with Gasteiger partial charge in [0.15, 0.2) is 0 Å². The van der Waals surface area contributed by atoms with Gasteiger partial charge in [0, 0.05) is 9.89 Å². The third-order valence-corrected chi connectivity index (χ3v) is 3.13. The van der Waals surface area contributed by atoms with Gasteiger partial charge in [0.1, 0.15) is 0 Å². The first-order chi connectivity index (χ1) is 5.77. The highest BCUT2D eigenvalue weighted by Crippen LogP contribution is 2.49. The quantitative estimate of drug-likeness (QED) is 0.671. The number of allylic oxidation sites excluding steroid dienone is 1. The van der Waals surface area contributed by atoms with E-state index in [4.69, 9.17) is 0 Å². The summed E-state index contributed by atoms with van der Waals surface area (Å²) in [5, 5.41) is 0. The number of halogens is 1. The minimum absolute atomic E-state index is 0.320. The van der Waals surface area contributed by atoms with Gasteiger partial charge in [0.2, 0.25) is 0 Å². The highest BCUT2D eigenvalue weighted by atomic mass is 79.9. The summed E-state index contributed by atoms with van der Waals surface area (Å²) in [5.74, 6) is 0. The third kappa shape index (κ3) is 1.22. The summed E-state index contributed by atoms with van der Waals surface area (Å²) >= 11 is 3.43. The Kier molecular flexibility index (Phi) is 1.84. The normalized spacial score (nSPS) is 18.8. The van der Waals surface area contributed by atoms with Crippen LogP contribution in [0, 0.1) is 0 Å². The van der Waals surface area contributed by atoms with Crippen LogP contribution in [0.2, 0.25) is 0 Å². The summed E-state index contributed by atoms with van der Waals surface area (Å²) in [6, 6.07) is 8.55. The van der Waals surface area contributed by atoms with Gasteiger partial charge in [-0.25, -0.2) is 0 Å². The molecule has 0 bridgehead atoms. The minimum Gasteiger partial charge on any atom is -0.102 e. The van der Waals surface area contributed by atoms with Crippen molar-refractivity contribution in [2.75, 3.05) is 0 Å². The number of benzene rings is 1. The molecule has 0 heterocycles. The summed E-state index contributed by atoms with van der Waals surface area (Å²) in [6.07, 6.45) is 4.60. The molecule has 2 rings (SSSR count). The van der Waals surface area contributed by atoms with E-state index in [1.54, 1.807) is 0 Å². The maximum absolute atomic E-state index is 3.88. The Morgan fingerprint density at radius 1 is 1.25 bits per heavy atom. The van der Waals surface area contributed by atoms with Crippen molar-refractivity contribution in [1.29, 1.82) is 0 Å². The van der Waals surface area contributed by atoms with E-state index in [0.29, 0.717) is 5.41 Å². The zero-order valence-corrected chi connectivity index (χ0v) is 8.47. The van der Waals surface area contributed by atoms with Crippen molar-refractivity contribution in [2.45, 2.75) is 18.3 Å². The Labute approximate surface area is 81.4 Å². The SMILES string of the molecule is C=CC1(c2ccc(Br)cc2)CC1. The molecule has 12 heavy (non-hydrogen) atoms. The molecule has 62 valence electrons. The van der Waals surface area contributed by atoms with Crippen LogP contribution in [0.4, 0.5) is 0 Å². The number of hydrogen-bond acceptors (Lipinski definition) is 0. The van der Waals surface area contributed by atoms with E-state index in [0.717, 1.165) is 4.47 Å². The van der Waals surface area contributed by atoms with E-state index >= 15 is 0 Å². The van der Waals surface area contributed by atoms with E-state index in [1.807, 2.05) is 0 Å². The standard InChI is InChI=1S/C11H11Br/c1-2-11(7-8-11)9-3-5-10(12)6-4-9/h2-6H,1,7-8H2. The van der Waals surface area contributed by atoms with E-state index in [1.165, 1.54) is 18.4 Å². The van der Waals surface area contributed by atoms with Crippen molar-refractivity contribution in [2.24, 2.45) is 0 Å². The van der Waals surface area contributed by atoms with Crippen LogP contribution in [0.1, 0.15) is 18.4 Å². The van der Waals surface area contributed by atoms with Crippen LogP contribution in [-0.4, -0.2) is 0 Å². The van der Waals surface area contributed by atoms with Crippen molar-refractivity contribution in [3.63, 3.8) is 0 Å². The van der Waals surface area contributed by atoms with Crippen LogP contribution in [0.25, 0.3) is 0 Å². The highest BCUT2D eigenvalue weighted by Gasteiger charge is 2.40. The van der Waals surface area contributed by atoms with Crippen molar-refractivity contribution < 1.29 is 0 Å². The van der Waals surface area contributed by atoms with Gasteiger partial charge in [0.25, 0.3) is 0 Å². The molecule has 1 heteroatoms. The average molecular weight is 223 g/mol. The molecule has 1 saturated carbocycles. The van der Waals surface area contributed by atoms with Crippen molar-refractivity contribution in [3.05, 3.63) is 47.0 Å². The Balaban J connectivity index is 2.35. The lowest BCUT2D eigenvalue weighted by molar-refractivity contribution is 0.894. The van der Waals surface area contributed by atoms with Crippen LogP contribution in [-0.2, 0) is 5.41 Å². The Morgan fingerprint density at radius 3 is 2.25 bits per heavy atom. The second-order valence-corrected chi connectivity index (χ2v) is 4.28. The summed E-state index contributed by atoms with van der Waals surface area (Å²) in [4.78, 5) is 0. The third-order valence-electron chi connectivity index (χ3n) is 2.60. The molecule has 0 aliphatic heterocycles. The molecule has 0 atom stereocenters. The summed E-state index contributed by atoms with van der Waals surface area (Å²) in [7, 11) is 0. The fourth-order valence-corrected chi connectivity index (χ4v) is 1.79. The van der Waals surface area contributed by atoms with Gasteiger partial charge in [-0.05, 0) is 30.5 Å².